The number of nitrogens with zero attached hydrogens (tertiary/aromatic N) is 2. The van der Waals surface area contributed by atoms with Crippen molar-refractivity contribution in [3.05, 3.63) is 11.9 Å². The van der Waals surface area contributed by atoms with Crippen molar-refractivity contribution in [3.63, 3.8) is 0 Å². The monoisotopic (exact) mass is 264 g/mol. The van der Waals surface area contributed by atoms with Crippen molar-refractivity contribution in [2.75, 3.05) is 36.9 Å². The SMILES string of the molecule is CCCc1c(NCC)ncnc1NCC1CCOC1. The summed E-state index contributed by atoms with van der Waals surface area (Å²) in [5.41, 5.74) is 1.20. The molecule has 2 rings (SSSR count). The Balaban J connectivity index is 2.06. The molecule has 1 aliphatic rings. The molecule has 1 atom stereocenters. The van der Waals surface area contributed by atoms with Crippen molar-refractivity contribution in [2.45, 2.75) is 33.1 Å². The Morgan fingerprint density at radius 1 is 1.26 bits per heavy atom. The minimum Gasteiger partial charge on any atom is -0.381 e. The maximum Gasteiger partial charge on any atom is 0.134 e. The van der Waals surface area contributed by atoms with Crippen LogP contribution >= 0.6 is 0 Å². The Hall–Kier alpha value is -1.36. The van der Waals surface area contributed by atoms with Crippen LogP contribution in [-0.2, 0) is 11.2 Å². The van der Waals surface area contributed by atoms with Crippen LogP contribution in [0.15, 0.2) is 6.33 Å². The maximum atomic E-state index is 5.40. The second-order valence-electron chi connectivity index (χ2n) is 4.94. The summed E-state index contributed by atoms with van der Waals surface area (Å²) in [6, 6.07) is 0. The third-order valence-electron chi connectivity index (χ3n) is 3.37. The first-order chi connectivity index (χ1) is 9.35. The zero-order valence-corrected chi connectivity index (χ0v) is 11.9. The highest BCUT2D eigenvalue weighted by atomic mass is 16.5. The molecule has 1 aromatic heterocycles. The summed E-state index contributed by atoms with van der Waals surface area (Å²) in [4.78, 5) is 8.74. The lowest BCUT2D eigenvalue weighted by molar-refractivity contribution is 0.187. The van der Waals surface area contributed by atoms with Gasteiger partial charge in [0.1, 0.15) is 18.0 Å². The van der Waals surface area contributed by atoms with Gasteiger partial charge in [-0.15, -0.1) is 0 Å². The molecule has 0 radical (unpaired) electrons. The Labute approximate surface area is 115 Å². The molecule has 1 aliphatic heterocycles. The Morgan fingerprint density at radius 2 is 2.05 bits per heavy atom. The van der Waals surface area contributed by atoms with Crippen LogP contribution in [0.1, 0.15) is 32.3 Å². The smallest absolute Gasteiger partial charge is 0.134 e. The summed E-state index contributed by atoms with van der Waals surface area (Å²) in [6.07, 6.45) is 4.85. The zero-order valence-electron chi connectivity index (χ0n) is 11.9. The van der Waals surface area contributed by atoms with Crippen molar-refractivity contribution < 1.29 is 4.74 Å². The Bertz CT molecular complexity index is 391. The molecule has 19 heavy (non-hydrogen) atoms. The van der Waals surface area contributed by atoms with Crippen LogP contribution in [0, 0.1) is 5.92 Å². The average Bonchev–Trinajstić information content (AvgIpc) is 2.93. The molecule has 106 valence electrons. The molecule has 0 spiro atoms. The van der Waals surface area contributed by atoms with Crippen molar-refractivity contribution in [1.82, 2.24) is 9.97 Å². The topological polar surface area (TPSA) is 59.1 Å². The lowest BCUT2D eigenvalue weighted by atomic mass is 10.1. The van der Waals surface area contributed by atoms with Crippen LogP contribution in [0.3, 0.4) is 0 Å². The molecule has 5 nitrogen and oxygen atoms in total. The van der Waals surface area contributed by atoms with Gasteiger partial charge in [0.15, 0.2) is 0 Å². The molecule has 2 heterocycles. The van der Waals surface area contributed by atoms with Gasteiger partial charge in [0.2, 0.25) is 0 Å². The zero-order chi connectivity index (χ0) is 13.5. The minimum atomic E-state index is 0.604. The van der Waals surface area contributed by atoms with Crippen LogP contribution in [0.25, 0.3) is 0 Å². The number of aromatic nitrogens is 2. The van der Waals surface area contributed by atoms with Crippen LogP contribution in [0.4, 0.5) is 11.6 Å². The van der Waals surface area contributed by atoms with Crippen molar-refractivity contribution in [3.8, 4) is 0 Å². The van der Waals surface area contributed by atoms with E-state index in [4.69, 9.17) is 4.74 Å². The van der Waals surface area contributed by atoms with E-state index in [1.54, 1.807) is 6.33 Å². The molecular weight excluding hydrogens is 240 g/mol. The number of hydrogen-bond donors (Lipinski definition) is 2. The van der Waals surface area contributed by atoms with E-state index in [9.17, 15) is 0 Å². The van der Waals surface area contributed by atoms with Crippen LogP contribution in [0.2, 0.25) is 0 Å². The first kappa shape index (κ1) is 14.1. The number of ether oxygens (including phenoxy) is 1. The summed E-state index contributed by atoms with van der Waals surface area (Å²) in [5, 5.41) is 6.78. The largest absolute Gasteiger partial charge is 0.381 e. The molecule has 1 fully saturated rings. The van der Waals surface area contributed by atoms with E-state index in [1.807, 2.05) is 0 Å². The fourth-order valence-electron chi connectivity index (χ4n) is 2.36. The molecule has 1 unspecified atom stereocenters. The normalized spacial score (nSPS) is 18.5. The standard InChI is InChI=1S/C14H24N4O/c1-3-5-12-13(15-4-2)17-10-18-14(12)16-8-11-6-7-19-9-11/h10-11H,3-9H2,1-2H3,(H2,15,16,17,18). The highest BCUT2D eigenvalue weighted by Gasteiger charge is 2.17. The molecular formula is C14H24N4O. The van der Waals surface area contributed by atoms with E-state index in [2.05, 4.69) is 34.4 Å². The van der Waals surface area contributed by atoms with Crippen molar-refractivity contribution in [1.29, 1.82) is 0 Å². The number of anilines is 2. The third-order valence-corrected chi connectivity index (χ3v) is 3.37. The molecule has 0 amide bonds. The summed E-state index contributed by atoms with van der Waals surface area (Å²) >= 11 is 0. The van der Waals surface area contributed by atoms with Crippen molar-refractivity contribution >= 4 is 11.6 Å². The van der Waals surface area contributed by atoms with Gasteiger partial charge in [-0.3, -0.25) is 0 Å². The van der Waals surface area contributed by atoms with Gasteiger partial charge in [-0.1, -0.05) is 13.3 Å². The van der Waals surface area contributed by atoms with Gasteiger partial charge in [0.05, 0.1) is 6.61 Å². The highest BCUT2D eigenvalue weighted by Crippen LogP contribution is 2.22. The lowest BCUT2D eigenvalue weighted by Crippen LogP contribution is -2.17. The minimum absolute atomic E-state index is 0.604. The van der Waals surface area contributed by atoms with Crippen molar-refractivity contribution in [2.24, 2.45) is 5.92 Å². The molecule has 1 aromatic rings. The van der Waals surface area contributed by atoms with E-state index in [1.165, 1.54) is 5.56 Å². The second kappa shape index (κ2) is 7.28. The predicted octanol–water partition coefficient (Wildman–Crippen LogP) is 2.31. The molecule has 2 N–H and O–H groups in total. The van der Waals surface area contributed by atoms with E-state index in [0.29, 0.717) is 5.92 Å². The maximum absolute atomic E-state index is 5.40. The molecule has 0 bridgehead atoms. The third kappa shape index (κ3) is 3.80. The Kier molecular flexibility index (Phi) is 5.39. The first-order valence-corrected chi connectivity index (χ1v) is 7.24. The van der Waals surface area contributed by atoms with Gasteiger partial charge in [0, 0.05) is 31.2 Å². The van der Waals surface area contributed by atoms with Gasteiger partial charge in [-0.2, -0.15) is 0 Å². The van der Waals surface area contributed by atoms with Gasteiger partial charge >= 0.3 is 0 Å². The summed E-state index contributed by atoms with van der Waals surface area (Å²) in [5.74, 6) is 2.54. The quantitative estimate of drug-likeness (QED) is 0.791. The van der Waals surface area contributed by atoms with Crippen LogP contribution in [-0.4, -0.2) is 36.3 Å². The molecule has 0 aliphatic carbocycles. The highest BCUT2D eigenvalue weighted by molar-refractivity contribution is 5.57. The van der Waals surface area contributed by atoms with Crippen LogP contribution < -0.4 is 10.6 Å². The fraction of sp³-hybridized carbons (Fsp3) is 0.714. The van der Waals surface area contributed by atoms with E-state index >= 15 is 0 Å². The van der Waals surface area contributed by atoms with Gasteiger partial charge in [-0.05, 0) is 19.8 Å². The summed E-state index contributed by atoms with van der Waals surface area (Å²) in [7, 11) is 0. The molecule has 5 heteroatoms. The number of nitrogens with one attached hydrogen (secondary N) is 2. The second-order valence-corrected chi connectivity index (χ2v) is 4.94. The van der Waals surface area contributed by atoms with Gasteiger partial charge < -0.3 is 15.4 Å². The van der Waals surface area contributed by atoms with Gasteiger partial charge in [0.25, 0.3) is 0 Å². The molecule has 1 saturated heterocycles. The van der Waals surface area contributed by atoms with Gasteiger partial charge in [-0.25, -0.2) is 9.97 Å². The van der Waals surface area contributed by atoms with E-state index in [0.717, 1.165) is 57.2 Å². The average molecular weight is 264 g/mol. The first-order valence-electron chi connectivity index (χ1n) is 7.24. The summed E-state index contributed by atoms with van der Waals surface area (Å²) in [6.45, 7) is 7.82. The van der Waals surface area contributed by atoms with Crippen LogP contribution in [0.5, 0.6) is 0 Å². The molecule has 0 aromatic carbocycles. The molecule has 0 saturated carbocycles. The lowest BCUT2D eigenvalue weighted by Gasteiger charge is -2.16. The number of rotatable bonds is 7. The van der Waals surface area contributed by atoms with E-state index < -0.39 is 0 Å². The predicted molar refractivity (Wildman–Crippen MR) is 77.6 cm³/mol. The number of hydrogen-bond acceptors (Lipinski definition) is 5. The summed E-state index contributed by atoms with van der Waals surface area (Å²) < 4.78 is 5.40. The Morgan fingerprint density at radius 3 is 2.68 bits per heavy atom. The van der Waals surface area contributed by atoms with E-state index in [-0.39, 0.29) is 0 Å². The fourth-order valence-corrected chi connectivity index (χ4v) is 2.36.